The molecule has 0 saturated heterocycles. The molecule has 0 aliphatic carbocycles. The molecule has 0 radical (unpaired) electrons. The van der Waals surface area contributed by atoms with Gasteiger partial charge in [-0.15, -0.1) is 0 Å². The maximum atomic E-state index is 12.2. The van der Waals surface area contributed by atoms with E-state index < -0.39 is 0 Å². The SMILES string of the molecule is CCc1ccc(CC(=O)NC(C)c2ccccc2C)cc1. The second-order valence-electron chi connectivity index (χ2n) is 5.49. The smallest absolute Gasteiger partial charge is 0.224 e. The number of carbonyl (C=O) groups excluding carboxylic acids is 1. The molecule has 0 fully saturated rings. The highest BCUT2D eigenvalue weighted by atomic mass is 16.1. The van der Waals surface area contributed by atoms with Crippen LogP contribution in [0.4, 0.5) is 0 Å². The summed E-state index contributed by atoms with van der Waals surface area (Å²) in [7, 11) is 0. The Bertz CT molecular complexity index is 601. The maximum Gasteiger partial charge on any atom is 0.224 e. The largest absolute Gasteiger partial charge is 0.349 e. The predicted octanol–water partition coefficient (Wildman–Crippen LogP) is 3.98. The highest BCUT2D eigenvalue weighted by molar-refractivity contribution is 5.79. The normalized spacial score (nSPS) is 12.0. The van der Waals surface area contributed by atoms with Crippen molar-refractivity contribution in [2.75, 3.05) is 0 Å². The van der Waals surface area contributed by atoms with Gasteiger partial charge in [-0.3, -0.25) is 4.79 Å². The van der Waals surface area contributed by atoms with E-state index in [0.29, 0.717) is 6.42 Å². The fourth-order valence-corrected chi connectivity index (χ4v) is 2.52. The zero-order valence-electron chi connectivity index (χ0n) is 13.0. The Morgan fingerprint density at radius 1 is 1.05 bits per heavy atom. The van der Waals surface area contributed by atoms with Gasteiger partial charge >= 0.3 is 0 Å². The van der Waals surface area contributed by atoms with Gasteiger partial charge in [-0.1, -0.05) is 55.5 Å². The molecule has 1 unspecified atom stereocenters. The fraction of sp³-hybridized carbons (Fsp3) is 0.316. The van der Waals surface area contributed by atoms with Crippen LogP contribution in [0.5, 0.6) is 0 Å². The molecule has 2 rings (SSSR count). The minimum atomic E-state index is 0.0358. The molecule has 0 aromatic heterocycles. The van der Waals surface area contributed by atoms with Gasteiger partial charge < -0.3 is 5.32 Å². The Morgan fingerprint density at radius 3 is 2.29 bits per heavy atom. The zero-order valence-corrected chi connectivity index (χ0v) is 13.0. The summed E-state index contributed by atoms with van der Waals surface area (Å²) in [5, 5.41) is 3.08. The lowest BCUT2D eigenvalue weighted by atomic mass is 10.0. The molecule has 1 N–H and O–H groups in total. The first kappa shape index (κ1) is 15.3. The van der Waals surface area contributed by atoms with Crippen molar-refractivity contribution in [1.82, 2.24) is 5.32 Å². The van der Waals surface area contributed by atoms with Crippen LogP contribution in [0.1, 0.15) is 42.1 Å². The summed E-state index contributed by atoms with van der Waals surface area (Å²) in [5.74, 6) is 0.0648. The van der Waals surface area contributed by atoms with Gasteiger partial charge in [0.2, 0.25) is 5.91 Å². The average molecular weight is 281 g/mol. The van der Waals surface area contributed by atoms with E-state index in [1.807, 2.05) is 31.2 Å². The Balaban J connectivity index is 1.96. The topological polar surface area (TPSA) is 29.1 Å². The predicted molar refractivity (Wildman–Crippen MR) is 87.3 cm³/mol. The van der Waals surface area contributed by atoms with Gasteiger partial charge in [0.05, 0.1) is 12.5 Å². The van der Waals surface area contributed by atoms with Gasteiger partial charge in [0.25, 0.3) is 0 Å². The second-order valence-corrected chi connectivity index (χ2v) is 5.49. The van der Waals surface area contributed by atoms with Gasteiger partial charge in [0, 0.05) is 0 Å². The maximum absolute atomic E-state index is 12.2. The molecule has 0 heterocycles. The molecule has 1 amide bonds. The molecule has 0 bridgehead atoms. The van der Waals surface area contributed by atoms with Crippen LogP contribution in [0.3, 0.4) is 0 Å². The van der Waals surface area contributed by atoms with Crippen LogP contribution in [0.15, 0.2) is 48.5 Å². The van der Waals surface area contributed by atoms with Crippen LogP contribution in [-0.4, -0.2) is 5.91 Å². The van der Waals surface area contributed by atoms with E-state index in [0.717, 1.165) is 12.0 Å². The van der Waals surface area contributed by atoms with E-state index >= 15 is 0 Å². The van der Waals surface area contributed by atoms with Crippen molar-refractivity contribution in [2.45, 2.75) is 39.7 Å². The first-order valence-corrected chi connectivity index (χ1v) is 7.53. The molecule has 2 aromatic rings. The quantitative estimate of drug-likeness (QED) is 0.882. The first-order chi connectivity index (χ1) is 10.1. The van der Waals surface area contributed by atoms with E-state index in [2.05, 4.69) is 43.4 Å². The molecule has 2 heteroatoms. The fourth-order valence-electron chi connectivity index (χ4n) is 2.52. The molecule has 1 atom stereocenters. The molecule has 0 aliphatic heterocycles. The third kappa shape index (κ3) is 4.19. The highest BCUT2D eigenvalue weighted by Crippen LogP contribution is 2.16. The number of hydrogen-bond donors (Lipinski definition) is 1. The lowest BCUT2D eigenvalue weighted by Gasteiger charge is -2.16. The van der Waals surface area contributed by atoms with Crippen molar-refractivity contribution in [2.24, 2.45) is 0 Å². The lowest BCUT2D eigenvalue weighted by molar-refractivity contribution is -0.121. The number of benzene rings is 2. The molecule has 0 saturated carbocycles. The molecule has 0 aliphatic rings. The minimum Gasteiger partial charge on any atom is -0.349 e. The molecular weight excluding hydrogens is 258 g/mol. The second kappa shape index (κ2) is 7.07. The van der Waals surface area contributed by atoms with Crippen molar-refractivity contribution in [3.63, 3.8) is 0 Å². The van der Waals surface area contributed by atoms with Crippen LogP contribution >= 0.6 is 0 Å². The molecule has 2 nitrogen and oxygen atoms in total. The Morgan fingerprint density at radius 2 is 1.67 bits per heavy atom. The Hall–Kier alpha value is -2.09. The van der Waals surface area contributed by atoms with E-state index in [-0.39, 0.29) is 11.9 Å². The number of nitrogens with one attached hydrogen (secondary N) is 1. The van der Waals surface area contributed by atoms with E-state index in [4.69, 9.17) is 0 Å². The number of rotatable bonds is 5. The average Bonchev–Trinajstić information content (AvgIpc) is 2.48. The van der Waals surface area contributed by atoms with Gasteiger partial charge in [-0.05, 0) is 42.5 Å². The monoisotopic (exact) mass is 281 g/mol. The number of amides is 1. The van der Waals surface area contributed by atoms with E-state index in [1.165, 1.54) is 16.7 Å². The van der Waals surface area contributed by atoms with Gasteiger partial charge in [-0.25, -0.2) is 0 Å². The minimum absolute atomic E-state index is 0.0358. The van der Waals surface area contributed by atoms with Gasteiger partial charge in [-0.2, -0.15) is 0 Å². The molecule has 110 valence electrons. The molecule has 2 aromatic carbocycles. The van der Waals surface area contributed by atoms with Crippen LogP contribution in [0, 0.1) is 6.92 Å². The molecule has 0 spiro atoms. The van der Waals surface area contributed by atoms with Crippen molar-refractivity contribution >= 4 is 5.91 Å². The van der Waals surface area contributed by atoms with Crippen LogP contribution in [0.25, 0.3) is 0 Å². The Labute approximate surface area is 127 Å². The van der Waals surface area contributed by atoms with Crippen molar-refractivity contribution < 1.29 is 4.79 Å². The van der Waals surface area contributed by atoms with Gasteiger partial charge in [0.15, 0.2) is 0 Å². The first-order valence-electron chi connectivity index (χ1n) is 7.53. The summed E-state index contributed by atoms with van der Waals surface area (Å²) in [4.78, 5) is 12.2. The molecule has 21 heavy (non-hydrogen) atoms. The van der Waals surface area contributed by atoms with Crippen molar-refractivity contribution in [3.05, 3.63) is 70.8 Å². The summed E-state index contributed by atoms with van der Waals surface area (Å²) in [6, 6.07) is 16.5. The van der Waals surface area contributed by atoms with E-state index in [9.17, 15) is 4.79 Å². The Kier molecular flexibility index (Phi) is 5.15. The number of aryl methyl sites for hydroxylation is 2. The van der Waals surface area contributed by atoms with Crippen LogP contribution in [-0.2, 0) is 17.6 Å². The summed E-state index contributed by atoms with van der Waals surface area (Å²) >= 11 is 0. The van der Waals surface area contributed by atoms with Crippen LogP contribution < -0.4 is 5.32 Å². The summed E-state index contributed by atoms with van der Waals surface area (Å²) in [6.45, 7) is 6.23. The van der Waals surface area contributed by atoms with Gasteiger partial charge in [0.1, 0.15) is 0 Å². The number of hydrogen-bond acceptors (Lipinski definition) is 1. The summed E-state index contributed by atoms with van der Waals surface area (Å²) in [6.07, 6.45) is 1.46. The lowest BCUT2D eigenvalue weighted by Crippen LogP contribution is -2.28. The molecular formula is C19H23NO. The third-order valence-electron chi connectivity index (χ3n) is 3.83. The van der Waals surface area contributed by atoms with Crippen molar-refractivity contribution in [1.29, 1.82) is 0 Å². The van der Waals surface area contributed by atoms with Crippen molar-refractivity contribution in [3.8, 4) is 0 Å². The summed E-state index contributed by atoms with van der Waals surface area (Å²) < 4.78 is 0. The highest BCUT2D eigenvalue weighted by Gasteiger charge is 2.11. The third-order valence-corrected chi connectivity index (χ3v) is 3.83. The number of carbonyl (C=O) groups is 1. The van der Waals surface area contributed by atoms with Crippen LogP contribution in [0.2, 0.25) is 0 Å². The van der Waals surface area contributed by atoms with E-state index in [1.54, 1.807) is 0 Å². The zero-order chi connectivity index (χ0) is 15.2. The standard InChI is InChI=1S/C19H23NO/c1-4-16-9-11-17(12-10-16)13-19(21)20-15(3)18-8-6-5-7-14(18)2/h5-12,15H,4,13H2,1-3H3,(H,20,21). The summed E-state index contributed by atoms with van der Waals surface area (Å²) in [5.41, 5.74) is 4.74.